The number of carbonyl (C=O) groups excluding carboxylic acids is 1. The fraction of sp³-hybridized carbons (Fsp3) is 0.357. The van der Waals surface area contributed by atoms with Crippen molar-refractivity contribution in [1.82, 2.24) is 35.0 Å². The summed E-state index contributed by atoms with van der Waals surface area (Å²) >= 11 is 0. The maximum atomic E-state index is 12.9. The first-order valence-corrected chi connectivity index (χ1v) is 13.0. The summed E-state index contributed by atoms with van der Waals surface area (Å²) < 4.78 is 7.70. The predicted octanol–water partition coefficient (Wildman–Crippen LogP) is 3.02. The average molecular weight is 531 g/mol. The van der Waals surface area contributed by atoms with E-state index in [0.717, 1.165) is 23.2 Å². The number of ether oxygens (including phenoxy) is 1. The maximum Gasteiger partial charge on any atom is 0.251 e. The van der Waals surface area contributed by atoms with Gasteiger partial charge in [0.25, 0.3) is 5.91 Å². The van der Waals surface area contributed by atoms with Gasteiger partial charge in [-0.3, -0.25) is 9.78 Å². The Kier molecular flexibility index (Phi) is 9.65. The fourth-order valence-corrected chi connectivity index (χ4v) is 3.96. The lowest BCUT2D eigenvalue weighted by Crippen LogP contribution is -2.25. The SMILES string of the molecule is CCc1cnccc1CNC(=O)c1cccc(NCc2nnc(-c3ccncn3)n2CCOC(C)C(C)O)c1. The predicted molar refractivity (Wildman–Crippen MR) is 147 cm³/mol. The molecule has 0 radical (unpaired) electrons. The molecule has 4 rings (SSSR count). The lowest BCUT2D eigenvalue weighted by molar-refractivity contribution is -0.0209. The largest absolute Gasteiger partial charge is 0.391 e. The lowest BCUT2D eigenvalue weighted by Gasteiger charge is -2.17. The summed E-state index contributed by atoms with van der Waals surface area (Å²) in [6.45, 7) is 7.23. The van der Waals surface area contributed by atoms with Crippen LogP contribution < -0.4 is 10.6 Å². The number of aromatic nitrogens is 6. The van der Waals surface area contributed by atoms with E-state index in [1.54, 1.807) is 31.5 Å². The Morgan fingerprint density at radius 1 is 1.08 bits per heavy atom. The smallest absolute Gasteiger partial charge is 0.251 e. The van der Waals surface area contributed by atoms with Gasteiger partial charge in [0.15, 0.2) is 11.6 Å². The first-order valence-electron chi connectivity index (χ1n) is 13.0. The first kappa shape index (κ1) is 27.8. The highest BCUT2D eigenvalue weighted by Crippen LogP contribution is 2.18. The number of amides is 1. The molecular weight excluding hydrogens is 496 g/mol. The summed E-state index contributed by atoms with van der Waals surface area (Å²) in [5, 5.41) is 24.8. The molecule has 3 N–H and O–H groups in total. The third-order valence-corrected chi connectivity index (χ3v) is 6.41. The van der Waals surface area contributed by atoms with Crippen LogP contribution in [-0.2, 0) is 30.8 Å². The molecule has 39 heavy (non-hydrogen) atoms. The molecule has 0 fully saturated rings. The van der Waals surface area contributed by atoms with Gasteiger partial charge in [0.2, 0.25) is 0 Å². The number of aryl methyl sites for hydroxylation is 1. The van der Waals surface area contributed by atoms with E-state index in [2.05, 4.69) is 42.7 Å². The van der Waals surface area contributed by atoms with Crippen molar-refractivity contribution < 1.29 is 14.6 Å². The van der Waals surface area contributed by atoms with Crippen LogP contribution in [0.25, 0.3) is 11.5 Å². The van der Waals surface area contributed by atoms with Crippen molar-refractivity contribution in [3.05, 3.63) is 83.8 Å². The van der Waals surface area contributed by atoms with Gasteiger partial charge in [-0.15, -0.1) is 10.2 Å². The number of aliphatic hydroxyl groups is 1. The second kappa shape index (κ2) is 13.5. The second-order valence-electron chi connectivity index (χ2n) is 9.12. The molecule has 0 saturated carbocycles. The van der Waals surface area contributed by atoms with Crippen LogP contribution in [0.3, 0.4) is 0 Å². The Bertz CT molecular complexity index is 1360. The lowest BCUT2D eigenvalue weighted by atomic mass is 10.1. The zero-order valence-electron chi connectivity index (χ0n) is 22.4. The van der Waals surface area contributed by atoms with E-state index in [9.17, 15) is 9.90 Å². The van der Waals surface area contributed by atoms with Crippen molar-refractivity contribution in [2.75, 3.05) is 11.9 Å². The van der Waals surface area contributed by atoms with Crippen LogP contribution in [0.15, 0.2) is 61.3 Å². The third kappa shape index (κ3) is 7.43. The van der Waals surface area contributed by atoms with Crippen LogP contribution in [0.1, 0.15) is 48.1 Å². The van der Waals surface area contributed by atoms with E-state index < -0.39 is 6.10 Å². The van der Waals surface area contributed by atoms with Gasteiger partial charge in [-0.05, 0) is 61.7 Å². The number of aliphatic hydroxyl groups excluding tert-OH is 1. The Balaban J connectivity index is 1.43. The Morgan fingerprint density at radius 3 is 2.69 bits per heavy atom. The number of anilines is 1. The topological polar surface area (TPSA) is 140 Å². The first-order chi connectivity index (χ1) is 19.0. The minimum Gasteiger partial charge on any atom is -0.391 e. The Labute approximate surface area is 227 Å². The molecule has 3 aromatic heterocycles. The number of benzene rings is 1. The van der Waals surface area contributed by atoms with Crippen LogP contribution in [0.2, 0.25) is 0 Å². The van der Waals surface area contributed by atoms with Crippen LogP contribution in [0.4, 0.5) is 5.69 Å². The minimum atomic E-state index is -0.573. The molecule has 0 aliphatic rings. The summed E-state index contributed by atoms with van der Waals surface area (Å²) in [6, 6.07) is 11.0. The molecule has 0 spiro atoms. The summed E-state index contributed by atoms with van der Waals surface area (Å²) in [4.78, 5) is 25.3. The van der Waals surface area contributed by atoms with Crippen LogP contribution >= 0.6 is 0 Å². The highest BCUT2D eigenvalue weighted by atomic mass is 16.5. The van der Waals surface area contributed by atoms with E-state index in [4.69, 9.17) is 4.74 Å². The molecule has 2 atom stereocenters. The highest BCUT2D eigenvalue weighted by Gasteiger charge is 2.16. The molecule has 0 aliphatic heterocycles. The number of nitrogens with zero attached hydrogens (tertiary/aromatic N) is 6. The summed E-state index contributed by atoms with van der Waals surface area (Å²) in [5.74, 6) is 1.12. The van der Waals surface area contributed by atoms with E-state index in [-0.39, 0.29) is 12.0 Å². The van der Waals surface area contributed by atoms with E-state index >= 15 is 0 Å². The summed E-state index contributed by atoms with van der Waals surface area (Å²) in [5.41, 5.74) is 4.14. The molecule has 11 nitrogen and oxygen atoms in total. The van der Waals surface area contributed by atoms with E-state index in [1.165, 1.54) is 6.33 Å². The van der Waals surface area contributed by atoms with Gasteiger partial charge in [-0.1, -0.05) is 13.0 Å². The Hall–Kier alpha value is -4.22. The molecule has 204 valence electrons. The molecule has 11 heteroatoms. The van der Waals surface area contributed by atoms with Gasteiger partial charge >= 0.3 is 0 Å². The van der Waals surface area contributed by atoms with Crippen molar-refractivity contribution in [3.63, 3.8) is 0 Å². The molecule has 4 aromatic rings. The highest BCUT2D eigenvalue weighted by molar-refractivity contribution is 5.95. The van der Waals surface area contributed by atoms with Crippen molar-refractivity contribution in [2.45, 2.75) is 59.0 Å². The van der Waals surface area contributed by atoms with Gasteiger partial charge in [0.05, 0.1) is 25.4 Å². The van der Waals surface area contributed by atoms with Crippen LogP contribution in [0, 0.1) is 0 Å². The van der Waals surface area contributed by atoms with Crippen molar-refractivity contribution in [3.8, 4) is 11.5 Å². The molecule has 0 bridgehead atoms. The number of pyridine rings is 1. The molecule has 1 aromatic carbocycles. The van der Waals surface area contributed by atoms with Gasteiger partial charge < -0.3 is 25.0 Å². The second-order valence-corrected chi connectivity index (χ2v) is 9.12. The molecular formula is C28H34N8O3. The van der Waals surface area contributed by atoms with Crippen LogP contribution in [-0.4, -0.2) is 59.5 Å². The maximum absolute atomic E-state index is 12.9. The van der Waals surface area contributed by atoms with Gasteiger partial charge in [0, 0.05) is 42.9 Å². The third-order valence-electron chi connectivity index (χ3n) is 6.41. The average Bonchev–Trinajstić information content (AvgIpc) is 3.38. The van der Waals surface area contributed by atoms with E-state index in [1.807, 2.05) is 42.0 Å². The molecule has 1 amide bonds. The number of nitrogens with one attached hydrogen (secondary N) is 2. The normalized spacial score (nSPS) is 12.6. The van der Waals surface area contributed by atoms with Crippen LogP contribution in [0.5, 0.6) is 0 Å². The quantitative estimate of drug-likeness (QED) is 0.238. The monoisotopic (exact) mass is 530 g/mol. The molecule has 0 aliphatic carbocycles. The molecule has 3 heterocycles. The number of carbonyl (C=O) groups is 1. The van der Waals surface area contributed by atoms with E-state index in [0.29, 0.717) is 49.1 Å². The summed E-state index contributed by atoms with van der Waals surface area (Å²) in [7, 11) is 0. The van der Waals surface area contributed by atoms with Gasteiger partial charge in [-0.25, -0.2) is 9.97 Å². The van der Waals surface area contributed by atoms with Crippen molar-refractivity contribution >= 4 is 11.6 Å². The van der Waals surface area contributed by atoms with Gasteiger partial charge in [0.1, 0.15) is 12.0 Å². The van der Waals surface area contributed by atoms with Gasteiger partial charge in [-0.2, -0.15) is 0 Å². The number of hydrogen-bond donors (Lipinski definition) is 3. The zero-order chi connectivity index (χ0) is 27.6. The minimum absolute atomic E-state index is 0.156. The molecule has 2 unspecified atom stereocenters. The van der Waals surface area contributed by atoms with Crippen molar-refractivity contribution in [2.24, 2.45) is 0 Å². The zero-order valence-corrected chi connectivity index (χ0v) is 22.4. The number of hydrogen-bond acceptors (Lipinski definition) is 9. The molecule has 0 saturated heterocycles. The fourth-order valence-electron chi connectivity index (χ4n) is 3.96. The van der Waals surface area contributed by atoms with Crippen molar-refractivity contribution in [1.29, 1.82) is 0 Å². The Morgan fingerprint density at radius 2 is 1.92 bits per heavy atom. The standard InChI is InChI=1S/C28H34N8O3/c1-4-21-15-29-10-8-23(21)16-32-28(38)22-6-5-7-24(14-22)31-17-26-34-35-27(25-9-11-30-18-33-25)36(26)12-13-39-20(3)19(2)37/h5-11,14-15,18-20,31,37H,4,12-13,16-17H2,1-3H3,(H,32,38). The number of rotatable bonds is 13. The summed E-state index contributed by atoms with van der Waals surface area (Å²) in [6.07, 6.45) is 6.67.